The number of nitrogens with zero attached hydrogens (tertiary/aromatic N) is 1. The SMILES string of the molecule is CC(C)N1C[C@H](C(=O)NNc2ccc(F)cc2)CC1=O. The van der Waals surface area contributed by atoms with E-state index in [0.717, 1.165) is 0 Å². The molecule has 0 bridgehead atoms. The molecule has 0 spiro atoms. The molecule has 0 unspecified atom stereocenters. The third-order valence-electron chi connectivity index (χ3n) is 3.33. The number of hydrogen-bond donors (Lipinski definition) is 2. The Morgan fingerprint density at radius 3 is 2.55 bits per heavy atom. The third-order valence-corrected chi connectivity index (χ3v) is 3.33. The molecular weight excluding hydrogens is 261 g/mol. The maximum Gasteiger partial charge on any atom is 0.243 e. The lowest BCUT2D eigenvalue weighted by Crippen LogP contribution is -2.37. The van der Waals surface area contributed by atoms with Crippen LogP contribution in [0.25, 0.3) is 0 Å². The van der Waals surface area contributed by atoms with E-state index in [1.807, 2.05) is 13.8 Å². The van der Waals surface area contributed by atoms with Gasteiger partial charge in [-0.25, -0.2) is 4.39 Å². The van der Waals surface area contributed by atoms with Crippen LogP contribution in [0.3, 0.4) is 0 Å². The molecule has 5 nitrogen and oxygen atoms in total. The summed E-state index contributed by atoms with van der Waals surface area (Å²) < 4.78 is 12.7. The fourth-order valence-electron chi connectivity index (χ4n) is 2.18. The van der Waals surface area contributed by atoms with Crippen LogP contribution < -0.4 is 10.9 Å². The molecule has 0 saturated carbocycles. The monoisotopic (exact) mass is 279 g/mol. The van der Waals surface area contributed by atoms with Crippen LogP contribution in [0.4, 0.5) is 10.1 Å². The Kier molecular flexibility index (Phi) is 4.22. The maximum absolute atomic E-state index is 12.7. The van der Waals surface area contributed by atoms with Crippen LogP contribution in [-0.4, -0.2) is 29.3 Å². The summed E-state index contributed by atoms with van der Waals surface area (Å²) in [5.41, 5.74) is 5.85. The summed E-state index contributed by atoms with van der Waals surface area (Å²) in [5, 5.41) is 0. The van der Waals surface area contributed by atoms with E-state index in [1.165, 1.54) is 24.3 Å². The second kappa shape index (κ2) is 5.90. The molecule has 2 N–H and O–H groups in total. The van der Waals surface area contributed by atoms with Crippen molar-refractivity contribution in [3.8, 4) is 0 Å². The number of hydrogen-bond acceptors (Lipinski definition) is 3. The smallest absolute Gasteiger partial charge is 0.243 e. The van der Waals surface area contributed by atoms with E-state index >= 15 is 0 Å². The van der Waals surface area contributed by atoms with E-state index in [1.54, 1.807) is 4.90 Å². The summed E-state index contributed by atoms with van der Waals surface area (Å²) in [4.78, 5) is 25.4. The van der Waals surface area contributed by atoms with E-state index in [2.05, 4.69) is 10.9 Å². The molecule has 1 heterocycles. The van der Waals surface area contributed by atoms with Gasteiger partial charge in [0.25, 0.3) is 0 Å². The molecule has 1 fully saturated rings. The first-order chi connectivity index (χ1) is 9.47. The fraction of sp³-hybridized carbons (Fsp3) is 0.429. The summed E-state index contributed by atoms with van der Waals surface area (Å²) in [7, 11) is 0. The number of benzene rings is 1. The summed E-state index contributed by atoms with van der Waals surface area (Å²) in [5.74, 6) is -0.915. The van der Waals surface area contributed by atoms with Crippen molar-refractivity contribution in [2.24, 2.45) is 5.92 Å². The molecule has 2 rings (SSSR count). The third kappa shape index (κ3) is 3.26. The zero-order chi connectivity index (χ0) is 14.7. The van der Waals surface area contributed by atoms with Gasteiger partial charge in [-0.15, -0.1) is 0 Å². The second-order valence-electron chi connectivity index (χ2n) is 5.16. The van der Waals surface area contributed by atoms with Crippen molar-refractivity contribution in [3.63, 3.8) is 0 Å². The van der Waals surface area contributed by atoms with Crippen molar-refractivity contribution in [2.75, 3.05) is 12.0 Å². The molecule has 1 atom stereocenters. The molecular formula is C14H18FN3O2. The number of halogens is 1. The number of carbonyl (C=O) groups is 2. The van der Waals surface area contributed by atoms with Gasteiger partial charge in [0.1, 0.15) is 5.82 Å². The second-order valence-corrected chi connectivity index (χ2v) is 5.16. The van der Waals surface area contributed by atoms with Crippen molar-refractivity contribution in [1.29, 1.82) is 0 Å². The molecule has 1 aliphatic heterocycles. The van der Waals surface area contributed by atoms with E-state index in [-0.39, 0.29) is 36.0 Å². The van der Waals surface area contributed by atoms with Crippen LogP contribution in [0.2, 0.25) is 0 Å². The Balaban J connectivity index is 1.87. The lowest BCUT2D eigenvalue weighted by atomic mass is 10.1. The van der Waals surface area contributed by atoms with Gasteiger partial charge >= 0.3 is 0 Å². The minimum Gasteiger partial charge on any atom is -0.339 e. The standard InChI is InChI=1S/C14H18FN3O2/c1-9(2)18-8-10(7-13(18)19)14(20)17-16-12-5-3-11(15)4-6-12/h3-6,9-10,16H,7-8H2,1-2H3,(H,17,20)/t10-/m1/s1. The Labute approximate surface area is 117 Å². The molecule has 0 aromatic heterocycles. The fourth-order valence-corrected chi connectivity index (χ4v) is 2.18. The topological polar surface area (TPSA) is 61.4 Å². The van der Waals surface area contributed by atoms with Gasteiger partial charge in [0.15, 0.2) is 0 Å². The molecule has 6 heteroatoms. The van der Waals surface area contributed by atoms with Crippen molar-refractivity contribution < 1.29 is 14.0 Å². The van der Waals surface area contributed by atoms with Crippen LogP contribution in [-0.2, 0) is 9.59 Å². The zero-order valence-electron chi connectivity index (χ0n) is 11.5. The largest absolute Gasteiger partial charge is 0.339 e. The summed E-state index contributed by atoms with van der Waals surface area (Å²) in [6.45, 7) is 4.29. The number of hydrazine groups is 1. The minimum atomic E-state index is -0.349. The zero-order valence-corrected chi connectivity index (χ0v) is 11.5. The predicted molar refractivity (Wildman–Crippen MR) is 73.1 cm³/mol. The van der Waals surface area contributed by atoms with E-state index in [9.17, 15) is 14.0 Å². The summed E-state index contributed by atoms with van der Waals surface area (Å²) in [6, 6.07) is 5.75. The van der Waals surface area contributed by atoms with Crippen molar-refractivity contribution in [2.45, 2.75) is 26.3 Å². The Morgan fingerprint density at radius 1 is 1.35 bits per heavy atom. The lowest BCUT2D eigenvalue weighted by molar-refractivity contribution is -0.129. The lowest BCUT2D eigenvalue weighted by Gasteiger charge is -2.20. The average molecular weight is 279 g/mol. The van der Waals surface area contributed by atoms with Gasteiger partial charge in [-0.2, -0.15) is 0 Å². The minimum absolute atomic E-state index is 0.00179. The van der Waals surface area contributed by atoms with Crippen molar-refractivity contribution in [3.05, 3.63) is 30.1 Å². The molecule has 108 valence electrons. The van der Waals surface area contributed by atoms with E-state index in [0.29, 0.717) is 12.2 Å². The van der Waals surface area contributed by atoms with Gasteiger partial charge in [0.05, 0.1) is 11.6 Å². The molecule has 0 radical (unpaired) electrons. The Morgan fingerprint density at radius 2 is 2.00 bits per heavy atom. The predicted octanol–water partition coefficient (Wildman–Crippen LogP) is 1.53. The summed E-state index contributed by atoms with van der Waals surface area (Å²) in [6.07, 6.45) is 0.231. The average Bonchev–Trinajstić information content (AvgIpc) is 2.80. The van der Waals surface area contributed by atoms with E-state index in [4.69, 9.17) is 0 Å². The van der Waals surface area contributed by atoms with E-state index < -0.39 is 0 Å². The number of carbonyl (C=O) groups excluding carboxylic acids is 2. The normalized spacial score (nSPS) is 18.5. The maximum atomic E-state index is 12.7. The molecule has 1 aromatic rings. The molecule has 1 saturated heterocycles. The van der Waals surface area contributed by atoms with Gasteiger partial charge in [0.2, 0.25) is 11.8 Å². The quantitative estimate of drug-likeness (QED) is 0.822. The van der Waals surface area contributed by atoms with Crippen LogP contribution in [0.5, 0.6) is 0 Å². The molecule has 1 aliphatic rings. The molecule has 0 aliphatic carbocycles. The highest BCUT2D eigenvalue weighted by Crippen LogP contribution is 2.20. The Bertz CT molecular complexity index is 502. The first-order valence-corrected chi connectivity index (χ1v) is 6.58. The van der Waals surface area contributed by atoms with Gasteiger partial charge in [0, 0.05) is 19.0 Å². The van der Waals surface area contributed by atoms with Crippen LogP contribution in [0, 0.1) is 11.7 Å². The number of nitrogens with one attached hydrogen (secondary N) is 2. The van der Waals surface area contributed by atoms with Gasteiger partial charge in [-0.05, 0) is 38.1 Å². The molecule has 1 aromatic carbocycles. The van der Waals surface area contributed by atoms with Crippen molar-refractivity contribution >= 4 is 17.5 Å². The summed E-state index contributed by atoms with van der Waals surface area (Å²) >= 11 is 0. The number of amides is 2. The first kappa shape index (κ1) is 14.3. The van der Waals surface area contributed by atoms with Gasteiger partial charge < -0.3 is 4.90 Å². The highest BCUT2D eigenvalue weighted by atomic mass is 19.1. The van der Waals surface area contributed by atoms with Crippen molar-refractivity contribution in [1.82, 2.24) is 10.3 Å². The number of rotatable bonds is 4. The van der Waals surface area contributed by atoms with Gasteiger partial charge in [-0.1, -0.05) is 0 Å². The van der Waals surface area contributed by atoms with Crippen LogP contribution in [0.15, 0.2) is 24.3 Å². The van der Waals surface area contributed by atoms with Gasteiger partial charge in [-0.3, -0.25) is 20.4 Å². The first-order valence-electron chi connectivity index (χ1n) is 6.58. The number of likely N-dealkylation sites (tertiary alicyclic amines) is 1. The molecule has 2 amide bonds. The Hall–Kier alpha value is -2.11. The van der Waals surface area contributed by atoms with Crippen LogP contribution >= 0.6 is 0 Å². The highest BCUT2D eigenvalue weighted by Gasteiger charge is 2.35. The number of anilines is 1. The molecule has 20 heavy (non-hydrogen) atoms. The van der Waals surface area contributed by atoms with Crippen LogP contribution in [0.1, 0.15) is 20.3 Å². The highest BCUT2D eigenvalue weighted by molar-refractivity contribution is 5.89.